The SMILES string of the molecule is O=C(Cn1cccc([N+](=O)[O-])c1=O)C1CC1. The number of Topliss-reactive ketones (excluding diaryl/α,β-unsaturated/α-hetero) is 1. The molecule has 0 amide bonds. The molecule has 1 fully saturated rings. The van der Waals surface area contributed by atoms with Crippen LogP contribution in [0.15, 0.2) is 23.1 Å². The third kappa shape index (κ3) is 2.00. The molecule has 0 aliphatic heterocycles. The Kier molecular flexibility index (Phi) is 2.55. The van der Waals surface area contributed by atoms with Crippen molar-refractivity contribution in [3.05, 3.63) is 38.8 Å². The molecule has 1 aromatic rings. The van der Waals surface area contributed by atoms with Crippen LogP contribution in [-0.2, 0) is 11.3 Å². The topological polar surface area (TPSA) is 82.2 Å². The van der Waals surface area contributed by atoms with Crippen LogP contribution in [0.5, 0.6) is 0 Å². The summed E-state index contributed by atoms with van der Waals surface area (Å²) in [5.41, 5.74) is -1.22. The van der Waals surface area contributed by atoms with Crippen LogP contribution in [-0.4, -0.2) is 15.3 Å². The lowest BCUT2D eigenvalue weighted by atomic mass is 10.2. The fourth-order valence-electron chi connectivity index (χ4n) is 1.49. The van der Waals surface area contributed by atoms with E-state index in [1.54, 1.807) is 0 Å². The normalized spacial score (nSPS) is 14.8. The molecule has 2 rings (SSSR count). The molecule has 0 aromatic carbocycles. The van der Waals surface area contributed by atoms with E-state index in [1.165, 1.54) is 12.3 Å². The van der Waals surface area contributed by atoms with Gasteiger partial charge in [0.05, 0.1) is 11.5 Å². The molecule has 0 unspecified atom stereocenters. The van der Waals surface area contributed by atoms with Crippen LogP contribution in [0.4, 0.5) is 5.69 Å². The predicted molar refractivity (Wildman–Crippen MR) is 55.1 cm³/mol. The van der Waals surface area contributed by atoms with Gasteiger partial charge in [0.25, 0.3) is 0 Å². The van der Waals surface area contributed by atoms with Gasteiger partial charge in [-0.05, 0) is 18.9 Å². The van der Waals surface area contributed by atoms with E-state index < -0.39 is 16.2 Å². The molecule has 84 valence electrons. The molecule has 6 nitrogen and oxygen atoms in total. The van der Waals surface area contributed by atoms with E-state index in [0.29, 0.717) is 0 Å². The number of aromatic nitrogens is 1. The van der Waals surface area contributed by atoms with Crippen LogP contribution >= 0.6 is 0 Å². The van der Waals surface area contributed by atoms with Crippen LogP contribution in [0.25, 0.3) is 0 Å². The van der Waals surface area contributed by atoms with Crippen LogP contribution < -0.4 is 5.56 Å². The van der Waals surface area contributed by atoms with Gasteiger partial charge in [-0.3, -0.25) is 19.7 Å². The molecule has 1 aromatic heterocycles. The van der Waals surface area contributed by atoms with Gasteiger partial charge in [-0.2, -0.15) is 0 Å². The molecule has 0 saturated heterocycles. The second-order valence-electron chi connectivity index (χ2n) is 3.82. The van der Waals surface area contributed by atoms with Gasteiger partial charge in [-0.1, -0.05) is 0 Å². The van der Waals surface area contributed by atoms with Gasteiger partial charge in [0, 0.05) is 18.2 Å². The van der Waals surface area contributed by atoms with Crippen LogP contribution in [0.1, 0.15) is 12.8 Å². The molecular weight excluding hydrogens is 212 g/mol. The highest BCUT2D eigenvalue weighted by molar-refractivity contribution is 5.82. The lowest BCUT2D eigenvalue weighted by molar-refractivity contribution is -0.386. The van der Waals surface area contributed by atoms with Gasteiger partial charge in [0.2, 0.25) is 0 Å². The Morgan fingerprint density at radius 2 is 2.25 bits per heavy atom. The second-order valence-corrected chi connectivity index (χ2v) is 3.82. The third-order valence-electron chi connectivity index (χ3n) is 2.56. The first-order chi connectivity index (χ1) is 7.59. The molecule has 0 radical (unpaired) electrons. The molecule has 1 aliphatic carbocycles. The van der Waals surface area contributed by atoms with Crippen molar-refractivity contribution in [3.8, 4) is 0 Å². The molecule has 16 heavy (non-hydrogen) atoms. The summed E-state index contributed by atoms with van der Waals surface area (Å²) in [6.07, 6.45) is 3.13. The number of nitro groups is 1. The Labute approximate surface area is 90.7 Å². The maximum atomic E-state index is 11.6. The van der Waals surface area contributed by atoms with E-state index in [1.807, 2.05) is 0 Å². The van der Waals surface area contributed by atoms with Gasteiger partial charge >= 0.3 is 11.2 Å². The number of hydrogen-bond donors (Lipinski definition) is 0. The molecule has 1 aliphatic rings. The number of ketones is 1. The van der Waals surface area contributed by atoms with Gasteiger partial charge < -0.3 is 4.57 Å². The number of rotatable bonds is 4. The molecule has 6 heteroatoms. The number of hydrogen-bond acceptors (Lipinski definition) is 4. The summed E-state index contributed by atoms with van der Waals surface area (Å²) in [4.78, 5) is 32.8. The maximum absolute atomic E-state index is 11.6. The first-order valence-electron chi connectivity index (χ1n) is 4.96. The van der Waals surface area contributed by atoms with Crippen LogP contribution in [0.3, 0.4) is 0 Å². The minimum atomic E-state index is -0.736. The van der Waals surface area contributed by atoms with Crippen molar-refractivity contribution in [2.75, 3.05) is 0 Å². The van der Waals surface area contributed by atoms with Crippen molar-refractivity contribution < 1.29 is 9.72 Å². The zero-order valence-corrected chi connectivity index (χ0v) is 8.46. The molecule has 0 N–H and O–H groups in total. The van der Waals surface area contributed by atoms with E-state index >= 15 is 0 Å². The first kappa shape index (κ1) is 10.5. The van der Waals surface area contributed by atoms with Crippen molar-refractivity contribution in [2.45, 2.75) is 19.4 Å². The van der Waals surface area contributed by atoms with Crippen molar-refractivity contribution in [3.63, 3.8) is 0 Å². The van der Waals surface area contributed by atoms with Crippen molar-refractivity contribution in [1.29, 1.82) is 0 Å². The fraction of sp³-hybridized carbons (Fsp3) is 0.400. The third-order valence-corrected chi connectivity index (χ3v) is 2.56. The molecule has 1 saturated carbocycles. The lowest BCUT2D eigenvalue weighted by Crippen LogP contribution is -2.25. The highest BCUT2D eigenvalue weighted by Gasteiger charge is 2.29. The molecule has 0 bridgehead atoms. The summed E-state index contributed by atoms with van der Waals surface area (Å²) < 4.78 is 1.10. The van der Waals surface area contributed by atoms with E-state index in [4.69, 9.17) is 0 Å². The number of pyridine rings is 1. The van der Waals surface area contributed by atoms with E-state index in [2.05, 4.69) is 0 Å². The zero-order chi connectivity index (χ0) is 11.7. The maximum Gasteiger partial charge on any atom is 0.334 e. The minimum absolute atomic E-state index is 0.0254. The van der Waals surface area contributed by atoms with Crippen molar-refractivity contribution in [2.24, 2.45) is 5.92 Å². The molecule has 0 atom stereocenters. The average molecular weight is 222 g/mol. The Morgan fingerprint density at radius 3 is 2.81 bits per heavy atom. The number of nitrogens with zero attached hydrogens (tertiary/aromatic N) is 2. The number of carbonyl (C=O) groups is 1. The quantitative estimate of drug-likeness (QED) is 0.555. The van der Waals surface area contributed by atoms with Crippen molar-refractivity contribution in [1.82, 2.24) is 4.57 Å². The van der Waals surface area contributed by atoms with Crippen LogP contribution in [0, 0.1) is 16.0 Å². The van der Waals surface area contributed by atoms with E-state index in [0.717, 1.165) is 23.5 Å². The van der Waals surface area contributed by atoms with E-state index in [9.17, 15) is 19.7 Å². The van der Waals surface area contributed by atoms with Gasteiger partial charge in [0.1, 0.15) is 0 Å². The molecule has 0 spiro atoms. The summed E-state index contributed by atoms with van der Waals surface area (Å²) in [7, 11) is 0. The average Bonchev–Trinajstić information content (AvgIpc) is 3.03. The monoisotopic (exact) mass is 222 g/mol. The predicted octanol–water partition coefficient (Wildman–Crippen LogP) is 0.736. The lowest BCUT2D eigenvalue weighted by Gasteiger charge is -2.02. The smallest absolute Gasteiger partial charge is 0.302 e. The van der Waals surface area contributed by atoms with E-state index in [-0.39, 0.29) is 18.2 Å². The first-order valence-corrected chi connectivity index (χ1v) is 4.96. The summed E-state index contributed by atoms with van der Waals surface area (Å²) in [6, 6.07) is 2.54. The number of carbonyl (C=O) groups excluding carboxylic acids is 1. The Balaban J connectivity index is 2.27. The summed E-state index contributed by atoms with van der Waals surface area (Å²) in [5.74, 6) is 0.0220. The summed E-state index contributed by atoms with van der Waals surface area (Å²) >= 11 is 0. The summed E-state index contributed by atoms with van der Waals surface area (Å²) in [5, 5.41) is 10.5. The Hall–Kier alpha value is -1.98. The molecular formula is C10H10N2O4. The molecule has 1 heterocycles. The minimum Gasteiger partial charge on any atom is -0.302 e. The zero-order valence-electron chi connectivity index (χ0n) is 8.46. The highest BCUT2D eigenvalue weighted by Crippen LogP contribution is 2.30. The van der Waals surface area contributed by atoms with Gasteiger partial charge in [-0.15, -0.1) is 0 Å². The summed E-state index contributed by atoms with van der Waals surface area (Å²) in [6.45, 7) is -0.0643. The Morgan fingerprint density at radius 1 is 1.56 bits per heavy atom. The fourth-order valence-corrected chi connectivity index (χ4v) is 1.49. The highest BCUT2D eigenvalue weighted by atomic mass is 16.6. The largest absolute Gasteiger partial charge is 0.334 e. The van der Waals surface area contributed by atoms with Crippen LogP contribution in [0.2, 0.25) is 0 Å². The van der Waals surface area contributed by atoms with Gasteiger partial charge in [-0.25, -0.2) is 0 Å². The van der Waals surface area contributed by atoms with Crippen molar-refractivity contribution >= 4 is 11.5 Å². The second kappa shape index (κ2) is 3.88. The Bertz CT molecular complexity index is 502. The van der Waals surface area contributed by atoms with Gasteiger partial charge in [0.15, 0.2) is 5.78 Å². The standard InChI is InChI=1S/C10H10N2O4/c13-9(7-3-4-7)6-11-5-1-2-8(10(11)14)12(15)16/h1-2,5,7H,3-4,6H2.